The van der Waals surface area contributed by atoms with Gasteiger partial charge in [0.15, 0.2) is 0 Å². The van der Waals surface area contributed by atoms with Gasteiger partial charge in [-0.15, -0.1) is 0 Å². The molecule has 0 saturated carbocycles. The van der Waals surface area contributed by atoms with Crippen LogP contribution in [0, 0.1) is 6.92 Å². The number of benzene rings is 1. The summed E-state index contributed by atoms with van der Waals surface area (Å²) < 4.78 is 1.19. The molecular formula is C12H16BrN. The minimum Gasteiger partial charge on any atom is -0.384 e. The summed E-state index contributed by atoms with van der Waals surface area (Å²) in [6, 6.07) is 4.32. The maximum absolute atomic E-state index is 3.61. The molecule has 1 nitrogen and oxygen atoms in total. The van der Waals surface area contributed by atoms with Gasteiger partial charge >= 0.3 is 0 Å². The fraction of sp³-hybridized carbons (Fsp3) is 0.500. The van der Waals surface area contributed by atoms with Gasteiger partial charge in [0.25, 0.3) is 0 Å². The summed E-state index contributed by atoms with van der Waals surface area (Å²) >= 11 is 3.61. The summed E-state index contributed by atoms with van der Waals surface area (Å²) in [7, 11) is 0. The summed E-state index contributed by atoms with van der Waals surface area (Å²) in [5.74, 6) is 0. The van der Waals surface area contributed by atoms with Crippen molar-refractivity contribution < 1.29 is 0 Å². The van der Waals surface area contributed by atoms with Crippen LogP contribution in [0.2, 0.25) is 0 Å². The first-order valence-electron chi connectivity index (χ1n) is 5.06. The largest absolute Gasteiger partial charge is 0.384 e. The van der Waals surface area contributed by atoms with E-state index < -0.39 is 0 Å². The SMILES string of the molecule is Cc1ccc(Br)c2c1C(C)(C)CCN2. The van der Waals surface area contributed by atoms with Crippen molar-refractivity contribution in [2.75, 3.05) is 11.9 Å². The molecule has 0 amide bonds. The fourth-order valence-corrected chi connectivity index (χ4v) is 2.82. The van der Waals surface area contributed by atoms with Gasteiger partial charge in [0.05, 0.1) is 5.69 Å². The van der Waals surface area contributed by atoms with E-state index in [2.05, 4.69) is 54.2 Å². The van der Waals surface area contributed by atoms with Crippen LogP contribution in [0.15, 0.2) is 16.6 Å². The number of rotatable bonds is 0. The quantitative estimate of drug-likeness (QED) is 0.741. The number of halogens is 1. The predicted octanol–water partition coefficient (Wildman–Crippen LogP) is 3.85. The Balaban J connectivity index is 2.67. The van der Waals surface area contributed by atoms with Crippen molar-refractivity contribution in [1.29, 1.82) is 0 Å². The van der Waals surface area contributed by atoms with Crippen LogP contribution in [0.3, 0.4) is 0 Å². The lowest BCUT2D eigenvalue weighted by molar-refractivity contribution is 0.479. The van der Waals surface area contributed by atoms with E-state index in [-0.39, 0.29) is 0 Å². The van der Waals surface area contributed by atoms with Gasteiger partial charge in [-0.25, -0.2) is 0 Å². The van der Waals surface area contributed by atoms with Crippen molar-refractivity contribution in [3.8, 4) is 0 Å². The Labute approximate surface area is 94.0 Å². The van der Waals surface area contributed by atoms with Gasteiger partial charge in [-0.1, -0.05) is 19.9 Å². The van der Waals surface area contributed by atoms with Crippen LogP contribution in [0.4, 0.5) is 5.69 Å². The maximum Gasteiger partial charge on any atom is 0.0525 e. The molecule has 0 spiro atoms. The minimum absolute atomic E-state index is 0.300. The highest BCUT2D eigenvalue weighted by Crippen LogP contribution is 2.42. The molecule has 0 atom stereocenters. The fourth-order valence-electron chi connectivity index (χ4n) is 2.35. The van der Waals surface area contributed by atoms with Crippen LogP contribution in [0.25, 0.3) is 0 Å². The molecule has 0 bridgehead atoms. The van der Waals surface area contributed by atoms with Crippen LogP contribution < -0.4 is 5.32 Å². The van der Waals surface area contributed by atoms with Crippen molar-refractivity contribution in [2.45, 2.75) is 32.6 Å². The third kappa shape index (κ3) is 1.46. The van der Waals surface area contributed by atoms with Gasteiger partial charge < -0.3 is 5.32 Å². The Morgan fingerprint density at radius 2 is 2.07 bits per heavy atom. The summed E-state index contributed by atoms with van der Waals surface area (Å²) in [5.41, 5.74) is 4.45. The van der Waals surface area contributed by atoms with Crippen molar-refractivity contribution in [1.82, 2.24) is 0 Å². The van der Waals surface area contributed by atoms with Gasteiger partial charge in [0.1, 0.15) is 0 Å². The van der Waals surface area contributed by atoms with Crippen molar-refractivity contribution in [3.63, 3.8) is 0 Å². The lowest BCUT2D eigenvalue weighted by atomic mass is 9.76. The Morgan fingerprint density at radius 3 is 2.71 bits per heavy atom. The van der Waals surface area contributed by atoms with Crippen molar-refractivity contribution >= 4 is 21.6 Å². The highest BCUT2D eigenvalue weighted by Gasteiger charge is 2.29. The molecule has 0 saturated heterocycles. The van der Waals surface area contributed by atoms with Gasteiger partial charge in [-0.05, 0) is 51.9 Å². The normalized spacial score (nSPS) is 18.6. The second-order valence-corrected chi connectivity index (χ2v) is 5.53. The number of fused-ring (bicyclic) bond motifs is 1. The molecule has 0 aliphatic carbocycles. The van der Waals surface area contributed by atoms with E-state index in [1.165, 1.54) is 27.7 Å². The van der Waals surface area contributed by atoms with Gasteiger partial charge in [-0.2, -0.15) is 0 Å². The molecular weight excluding hydrogens is 238 g/mol. The summed E-state index contributed by atoms with van der Waals surface area (Å²) in [6.07, 6.45) is 1.21. The minimum atomic E-state index is 0.300. The zero-order valence-corrected chi connectivity index (χ0v) is 10.5. The molecule has 1 aliphatic heterocycles. The second-order valence-electron chi connectivity index (χ2n) is 4.67. The molecule has 0 radical (unpaired) electrons. The topological polar surface area (TPSA) is 12.0 Å². The number of nitrogens with one attached hydrogen (secondary N) is 1. The number of hydrogen-bond acceptors (Lipinski definition) is 1. The van der Waals surface area contributed by atoms with Crippen LogP contribution >= 0.6 is 15.9 Å². The van der Waals surface area contributed by atoms with Crippen LogP contribution in [-0.4, -0.2) is 6.54 Å². The lowest BCUT2D eigenvalue weighted by Gasteiger charge is -2.35. The predicted molar refractivity (Wildman–Crippen MR) is 65.0 cm³/mol. The molecule has 0 unspecified atom stereocenters. The molecule has 2 rings (SSSR count). The molecule has 2 heteroatoms. The standard InChI is InChI=1S/C12H16BrN/c1-8-4-5-9(13)11-10(8)12(2,3)6-7-14-11/h4-5,14H,6-7H2,1-3H3. The zero-order valence-electron chi connectivity index (χ0n) is 8.95. The first-order chi connectivity index (χ1) is 6.52. The molecule has 76 valence electrons. The molecule has 0 aromatic heterocycles. The second kappa shape index (κ2) is 3.27. The summed E-state index contributed by atoms with van der Waals surface area (Å²) in [6.45, 7) is 7.92. The van der Waals surface area contributed by atoms with Crippen LogP contribution in [0.5, 0.6) is 0 Å². The molecule has 1 aliphatic rings. The monoisotopic (exact) mass is 253 g/mol. The Morgan fingerprint density at radius 1 is 1.36 bits per heavy atom. The van der Waals surface area contributed by atoms with E-state index in [9.17, 15) is 0 Å². The Bertz CT molecular complexity index is 369. The van der Waals surface area contributed by atoms with Gasteiger partial charge in [-0.3, -0.25) is 0 Å². The lowest BCUT2D eigenvalue weighted by Crippen LogP contribution is -2.29. The molecule has 1 heterocycles. The molecule has 1 aromatic carbocycles. The first kappa shape index (κ1) is 10.0. The van der Waals surface area contributed by atoms with E-state index >= 15 is 0 Å². The highest BCUT2D eigenvalue weighted by molar-refractivity contribution is 9.10. The average Bonchev–Trinajstić information content (AvgIpc) is 2.10. The number of hydrogen-bond donors (Lipinski definition) is 1. The molecule has 1 aromatic rings. The smallest absolute Gasteiger partial charge is 0.0525 e. The first-order valence-corrected chi connectivity index (χ1v) is 5.85. The van der Waals surface area contributed by atoms with Crippen molar-refractivity contribution in [3.05, 3.63) is 27.7 Å². The average molecular weight is 254 g/mol. The number of aryl methyl sites for hydroxylation is 1. The van der Waals surface area contributed by atoms with Gasteiger partial charge in [0, 0.05) is 11.0 Å². The maximum atomic E-state index is 3.61. The Kier molecular flexibility index (Phi) is 2.34. The summed E-state index contributed by atoms with van der Waals surface area (Å²) in [5, 5.41) is 3.48. The number of anilines is 1. The summed E-state index contributed by atoms with van der Waals surface area (Å²) in [4.78, 5) is 0. The van der Waals surface area contributed by atoms with E-state index in [1.807, 2.05) is 0 Å². The van der Waals surface area contributed by atoms with E-state index in [0.29, 0.717) is 5.41 Å². The third-order valence-corrected chi connectivity index (χ3v) is 3.75. The molecule has 0 fully saturated rings. The van der Waals surface area contributed by atoms with Crippen molar-refractivity contribution in [2.24, 2.45) is 0 Å². The zero-order chi connectivity index (χ0) is 10.3. The molecule has 1 N–H and O–H groups in total. The highest BCUT2D eigenvalue weighted by atomic mass is 79.9. The van der Waals surface area contributed by atoms with Crippen LogP contribution in [0.1, 0.15) is 31.4 Å². The van der Waals surface area contributed by atoms with E-state index in [0.717, 1.165) is 6.54 Å². The van der Waals surface area contributed by atoms with E-state index in [4.69, 9.17) is 0 Å². The third-order valence-electron chi connectivity index (χ3n) is 3.09. The Hall–Kier alpha value is -0.500. The van der Waals surface area contributed by atoms with Gasteiger partial charge in [0.2, 0.25) is 0 Å². The molecule has 14 heavy (non-hydrogen) atoms. The van der Waals surface area contributed by atoms with E-state index in [1.54, 1.807) is 0 Å². The van der Waals surface area contributed by atoms with Crippen LogP contribution in [-0.2, 0) is 5.41 Å².